The summed E-state index contributed by atoms with van der Waals surface area (Å²) in [5.41, 5.74) is 0. The first-order chi connectivity index (χ1) is 11.4. The average Bonchev–Trinajstić information content (AvgIpc) is 2.50. The number of hydrogen-bond donors (Lipinski definition) is 2. The predicted molar refractivity (Wildman–Crippen MR) is 91.1 cm³/mol. The van der Waals surface area contributed by atoms with Gasteiger partial charge in [-0.25, -0.2) is 19.1 Å². The number of rotatable bonds is 12. The van der Waals surface area contributed by atoms with Gasteiger partial charge in [0.2, 0.25) is 0 Å². The summed E-state index contributed by atoms with van der Waals surface area (Å²) in [6.45, 7) is 10.3. The largest absolute Gasteiger partial charge is 0.419 e. The minimum absolute atomic E-state index is 0.289. The van der Waals surface area contributed by atoms with E-state index in [2.05, 4.69) is 10.4 Å². The van der Waals surface area contributed by atoms with Crippen LogP contribution < -0.4 is 10.4 Å². The molecule has 10 nitrogen and oxygen atoms in total. The van der Waals surface area contributed by atoms with Crippen LogP contribution in [-0.4, -0.2) is 62.6 Å². The third-order valence-corrected chi connectivity index (χ3v) is 6.45. The van der Waals surface area contributed by atoms with E-state index in [0.717, 1.165) is 0 Å². The number of nitrogens with one attached hydrogen (secondary N) is 2. The van der Waals surface area contributed by atoms with Gasteiger partial charge in [0.05, 0.1) is 26.4 Å². The second-order valence-corrected chi connectivity index (χ2v) is 8.26. The van der Waals surface area contributed by atoms with Gasteiger partial charge in [0.1, 0.15) is 0 Å². The van der Waals surface area contributed by atoms with Gasteiger partial charge in [0, 0.05) is 26.2 Å². The van der Waals surface area contributed by atoms with E-state index in [0.29, 0.717) is 26.2 Å². The van der Waals surface area contributed by atoms with Crippen molar-refractivity contribution in [2.45, 2.75) is 27.7 Å². The number of hydrazine groups is 2. The van der Waals surface area contributed by atoms with E-state index in [1.54, 1.807) is 37.7 Å². The second-order valence-electron chi connectivity index (χ2n) is 4.84. The zero-order chi connectivity index (χ0) is 18.1. The maximum absolute atomic E-state index is 12.5. The SMILES string of the molecule is CCOP(=O)(NN1CCN(NP(=O)(OCC)OCC)CC1)OCC. The standard InChI is InChI=1S/C12H30N4O6P2/c1-5-19-23(17,20-6-2)13-15-9-11-16(12-10-15)14-24(18,21-7-3)22-8-4/h5-12H2,1-4H3,(H,13,17)(H,14,18). The summed E-state index contributed by atoms with van der Waals surface area (Å²) >= 11 is 0. The number of hydrogen-bond acceptors (Lipinski definition) is 8. The monoisotopic (exact) mass is 388 g/mol. The van der Waals surface area contributed by atoms with E-state index in [4.69, 9.17) is 18.1 Å². The van der Waals surface area contributed by atoms with Crippen molar-refractivity contribution in [1.82, 2.24) is 20.4 Å². The highest BCUT2D eigenvalue weighted by molar-refractivity contribution is 7.51. The third-order valence-electron chi connectivity index (χ3n) is 3.00. The van der Waals surface area contributed by atoms with Crippen molar-refractivity contribution in [3.05, 3.63) is 0 Å². The average molecular weight is 388 g/mol. The van der Waals surface area contributed by atoms with Crippen molar-refractivity contribution < 1.29 is 27.2 Å². The van der Waals surface area contributed by atoms with Crippen LogP contribution >= 0.6 is 15.5 Å². The van der Waals surface area contributed by atoms with Crippen LogP contribution in [0.3, 0.4) is 0 Å². The highest BCUT2D eigenvalue weighted by atomic mass is 31.2. The van der Waals surface area contributed by atoms with Crippen LogP contribution in [0.2, 0.25) is 0 Å². The molecule has 0 aliphatic carbocycles. The Morgan fingerprint density at radius 2 is 0.917 bits per heavy atom. The predicted octanol–water partition coefficient (Wildman–Crippen LogP) is 1.98. The molecule has 0 bridgehead atoms. The zero-order valence-corrected chi connectivity index (χ0v) is 16.7. The van der Waals surface area contributed by atoms with Crippen molar-refractivity contribution in [1.29, 1.82) is 0 Å². The summed E-state index contributed by atoms with van der Waals surface area (Å²) in [5.74, 6) is 0. The van der Waals surface area contributed by atoms with E-state index in [1.165, 1.54) is 0 Å². The molecular formula is C12H30N4O6P2. The topological polar surface area (TPSA) is 102 Å². The fraction of sp³-hybridized carbons (Fsp3) is 1.00. The molecule has 1 fully saturated rings. The zero-order valence-electron chi connectivity index (χ0n) is 14.9. The molecule has 1 heterocycles. The fourth-order valence-corrected chi connectivity index (χ4v) is 4.96. The first-order valence-corrected chi connectivity index (χ1v) is 11.3. The number of piperazine rings is 1. The molecule has 24 heavy (non-hydrogen) atoms. The molecule has 0 amide bonds. The van der Waals surface area contributed by atoms with E-state index < -0.39 is 15.5 Å². The quantitative estimate of drug-likeness (QED) is 0.483. The third kappa shape index (κ3) is 7.58. The Labute approximate surface area is 144 Å². The first kappa shape index (κ1) is 22.2. The van der Waals surface area contributed by atoms with E-state index in [1.807, 2.05) is 0 Å². The van der Waals surface area contributed by atoms with E-state index in [9.17, 15) is 9.13 Å². The Hall–Kier alpha value is 0.140. The van der Waals surface area contributed by atoms with Crippen LogP contribution in [0.4, 0.5) is 0 Å². The van der Waals surface area contributed by atoms with Crippen molar-refractivity contribution in [3.63, 3.8) is 0 Å². The van der Waals surface area contributed by atoms with E-state index in [-0.39, 0.29) is 26.4 Å². The normalized spacial score (nSPS) is 18.2. The maximum Gasteiger partial charge on any atom is 0.419 e. The van der Waals surface area contributed by atoms with Crippen LogP contribution in [0.1, 0.15) is 27.7 Å². The highest BCUT2D eigenvalue weighted by Gasteiger charge is 2.32. The van der Waals surface area contributed by atoms with E-state index >= 15 is 0 Å². The summed E-state index contributed by atoms with van der Waals surface area (Å²) in [5, 5.41) is 9.20. The van der Waals surface area contributed by atoms with Gasteiger partial charge in [-0.15, -0.1) is 0 Å². The smallest absolute Gasteiger partial charge is 0.296 e. The van der Waals surface area contributed by atoms with Gasteiger partial charge in [-0.3, -0.25) is 18.1 Å². The summed E-state index contributed by atoms with van der Waals surface area (Å²) in [6.07, 6.45) is 0. The molecule has 144 valence electrons. The lowest BCUT2D eigenvalue weighted by Gasteiger charge is -2.37. The van der Waals surface area contributed by atoms with Crippen LogP contribution in [-0.2, 0) is 27.2 Å². The Bertz CT molecular complexity index is 387. The molecule has 0 aromatic carbocycles. The maximum atomic E-state index is 12.5. The molecule has 1 saturated heterocycles. The first-order valence-electron chi connectivity index (χ1n) is 8.24. The minimum Gasteiger partial charge on any atom is -0.296 e. The molecule has 1 aliphatic rings. The van der Waals surface area contributed by atoms with Crippen molar-refractivity contribution in [2.24, 2.45) is 0 Å². The molecule has 1 rings (SSSR count). The van der Waals surface area contributed by atoms with Gasteiger partial charge in [0.15, 0.2) is 0 Å². The van der Waals surface area contributed by atoms with Gasteiger partial charge in [0.25, 0.3) is 0 Å². The van der Waals surface area contributed by atoms with Crippen LogP contribution in [0.15, 0.2) is 0 Å². The van der Waals surface area contributed by atoms with Gasteiger partial charge < -0.3 is 0 Å². The Morgan fingerprint density at radius 1 is 0.667 bits per heavy atom. The summed E-state index contributed by atoms with van der Waals surface area (Å²) in [7, 11) is -6.67. The molecule has 0 aromatic rings. The molecule has 0 aromatic heterocycles. The summed E-state index contributed by atoms with van der Waals surface area (Å²) in [4.78, 5) is 0. The summed E-state index contributed by atoms with van der Waals surface area (Å²) < 4.78 is 45.7. The molecule has 0 unspecified atom stereocenters. The molecular weight excluding hydrogens is 358 g/mol. The Morgan fingerprint density at radius 3 is 1.12 bits per heavy atom. The summed E-state index contributed by atoms with van der Waals surface area (Å²) in [6, 6.07) is 0. The van der Waals surface area contributed by atoms with Crippen molar-refractivity contribution in [2.75, 3.05) is 52.6 Å². The lowest BCUT2D eigenvalue weighted by molar-refractivity contribution is 0.0698. The molecule has 12 heteroatoms. The van der Waals surface area contributed by atoms with Crippen LogP contribution in [0.5, 0.6) is 0 Å². The number of nitrogens with zero attached hydrogens (tertiary/aromatic N) is 2. The van der Waals surface area contributed by atoms with Gasteiger partial charge in [-0.1, -0.05) is 0 Å². The Kier molecular flexibility index (Phi) is 10.1. The molecule has 0 radical (unpaired) electrons. The van der Waals surface area contributed by atoms with Crippen molar-refractivity contribution in [3.8, 4) is 0 Å². The van der Waals surface area contributed by atoms with Gasteiger partial charge >= 0.3 is 15.5 Å². The lowest BCUT2D eigenvalue weighted by atomic mass is 10.4. The van der Waals surface area contributed by atoms with Crippen molar-refractivity contribution >= 4 is 15.5 Å². The van der Waals surface area contributed by atoms with Crippen LogP contribution in [0, 0.1) is 0 Å². The minimum atomic E-state index is -3.34. The molecule has 0 spiro atoms. The molecule has 2 N–H and O–H groups in total. The van der Waals surface area contributed by atoms with Gasteiger partial charge in [-0.2, -0.15) is 10.4 Å². The molecule has 1 aliphatic heterocycles. The molecule has 0 saturated carbocycles. The lowest BCUT2D eigenvalue weighted by Crippen LogP contribution is -2.54. The Balaban J connectivity index is 2.51. The van der Waals surface area contributed by atoms with Crippen LogP contribution in [0.25, 0.3) is 0 Å². The van der Waals surface area contributed by atoms with Gasteiger partial charge in [-0.05, 0) is 27.7 Å². The molecule has 0 atom stereocenters. The second kappa shape index (κ2) is 11.0. The highest BCUT2D eigenvalue weighted by Crippen LogP contribution is 2.45. The fourth-order valence-electron chi connectivity index (χ4n) is 2.12.